The Morgan fingerprint density at radius 1 is 1.19 bits per heavy atom. The first-order valence-electron chi connectivity index (χ1n) is 4.58. The van der Waals surface area contributed by atoms with E-state index in [0.717, 1.165) is 11.6 Å². The third kappa shape index (κ3) is 2.14. The highest BCUT2D eigenvalue weighted by molar-refractivity contribution is 7.71. The van der Waals surface area contributed by atoms with Crippen LogP contribution in [-0.4, -0.2) is 9.97 Å². The number of hydrogen-bond donors (Lipinski definition) is 1. The average molecular weight is 238 g/mol. The van der Waals surface area contributed by atoms with Crippen LogP contribution in [0.2, 0.25) is 0 Å². The highest BCUT2D eigenvalue weighted by atomic mass is 32.1. The van der Waals surface area contributed by atoms with Crippen molar-refractivity contribution in [2.45, 2.75) is 6.92 Å². The predicted octanol–water partition coefficient (Wildman–Crippen LogP) is 3.39. The van der Waals surface area contributed by atoms with Gasteiger partial charge >= 0.3 is 0 Å². The largest absolute Gasteiger partial charge is 0.330 e. The molecule has 1 aromatic heterocycles. The van der Waals surface area contributed by atoms with E-state index in [-0.39, 0.29) is 4.77 Å². The number of hydrogen-bond acceptors (Lipinski definition) is 2. The first kappa shape index (κ1) is 10.9. The number of aromatic nitrogens is 2. The van der Waals surface area contributed by atoms with Gasteiger partial charge in [-0.25, -0.2) is 13.8 Å². The molecule has 0 saturated carbocycles. The standard InChI is InChI=1S/C11H8F2N2S/c1-6-5-14-11(16)15-10(6)7-2-8(12)4-9(13)3-7/h2-5H,1H3,(H,14,15,16). The minimum absolute atomic E-state index is 0.283. The summed E-state index contributed by atoms with van der Waals surface area (Å²) in [6, 6.07) is 3.32. The maximum Gasteiger partial charge on any atom is 0.197 e. The number of halogens is 2. The molecule has 0 saturated heterocycles. The van der Waals surface area contributed by atoms with Gasteiger partial charge in [-0.2, -0.15) is 0 Å². The maximum atomic E-state index is 13.1. The van der Waals surface area contributed by atoms with E-state index in [2.05, 4.69) is 9.97 Å². The molecule has 0 radical (unpaired) electrons. The highest BCUT2D eigenvalue weighted by Crippen LogP contribution is 2.22. The van der Waals surface area contributed by atoms with Gasteiger partial charge in [0.25, 0.3) is 0 Å². The van der Waals surface area contributed by atoms with Crippen molar-refractivity contribution in [2.75, 3.05) is 0 Å². The van der Waals surface area contributed by atoms with Gasteiger partial charge < -0.3 is 4.98 Å². The van der Waals surface area contributed by atoms with Gasteiger partial charge in [-0.1, -0.05) is 0 Å². The molecule has 16 heavy (non-hydrogen) atoms. The molecular weight excluding hydrogens is 230 g/mol. The van der Waals surface area contributed by atoms with Gasteiger partial charge in [-0.3, -0.25) is 0 Å². The second-order valence-electron chi connectivity index (χ2n) is 3.40. The molecule has 1 heterocycles. The average Bonchev–Trinajstić information content (AvgIpc) is 2.20. The number of aromatic amines is 1. The summed E-state index contributed by atoms with van der Waals surface area (Å²) in [6.07, 6.45) is 1.57. The van der Waals surface area contributed by atoms with Crippen LogP contribution in [0.15, 0.2) is 24.4 Å². The molecule has 1 aromatic carbocycles. The molecular formula is C11H8F2N2S. The van der Waals surface area contributed by atoms with Crippen molar-refractivity contribution in [1.29, 1.82) is 0 Å². The molecule has 0 aliphatic carbocycles. The molecule has 0 bridgehead atoms. The van der Waals surface area contributed by atoms with Crippen LogP contribution in [0.3, 0.4) is 0 Å². The fourth-order valence-corrected chi connectivity index (χ4v) is 1.61. The Balaban J connectivity index is 2.66. The van der Waals surface area contributed by atoms with Gasteiger partial charge in [-0.05, 0) is 36.8 Å². The lowest BCUT2D eigenvalue weighted by Crippen LogP contribution is -1.93. The summed E-state index contributed by atoms with van der Waals surface area (Å²) in [6.45, 7) is 1.79. The summed E-state index contributed by atoms with van der Waals surface area (Å²) in [7, 11) is 0. The number of nitrogens with zero attached hydrogens (tertiary/aromatic N) is 1. The van der Waals surface area contributed by atoms with Crippen molar-refractivity contribution in [3.8, 4) is 11.3 Å². The quantitative estimate of drug-likeness (QED) is 0.771. The maximum absolute atomic E-state index is 13.1. The fraction of sp³-hybridized carbons (Fsp3) is 0.0909. The fourth-order valence-electron chi connectivity index (χ4n) is 1.46. The minimum Gasteiger partial charge on any atom is -0.330 e. The van der Waals surface area contributed by atoms with Crippen LogP contribution in [0.4, 0.5) is 8.78 Å². The van der Waals surface area contributed by atoms with E-state index in [1.807, 2.05) is 0 Å². The Kier molecular flexibility index (Phi) is 2.78. The number of rotatable bonds is 1. The van der Waals surface area contributed by atoms with E-state index in [1.54, 1.807) is 13.1 Å². The highest BCUT2D eigenvalue weighted by Gasteiger charge is 2.06. The first-order valence-corrected chi connectivity index (χ1v) is 4.99. The van der Waals surface area contributed by atoms with Crippen LogP contribution in [0.5, 0.6) is 0 Å². The number of nitrogens with one attached hydrogen (secondary N) is 1. The summed E-state index contributed by atoms with van der Waals surface area (Å²) >= 11 is 4.87. The summed E-state index contributed by atoms with van der Waals surface area (Å²) in [5, 5.41) is 0. The molecule has 0 atom stereocenters. The molecule has 2 rings (SSSR count). The van der Waals surface area contributed by atoms with Crippen LogP contribution >= 0.6 is 12.2 Å². The lowest BCUT2D eigenvalue weighted by molar-refractivity contribution is 0.584. The molecule has 0 fully saturated rings. The zero-order valence-corrected chi connectivity index (χ0v) is 9.24. The normalized spacial score (nSPS) is 10.4. The van der Waals surface area contributed by atoms with Crippen LogP contribution in [0.25, 0.3) is 11.3 Å². The Morgan fingerprint density at radius 3 is 2.44 bits per heavy atom. The Bertz CT molecular complexity index is 573. The van der Waals surface area contributed by atoms with E-state index < -0.39 is 11.6 Å². The van der Waals surface area contributed by atoms with Crippen molar-refractivity contribution in [3.05, 3.63) is 46.4 Å². The first-order chi connectivity index (χ1) is 7.56. The molecule has 0 spiro atoms. The zero-order chi connectivity index (χ0) is 11.7. The molecule has 5 heteroatoms. The van der Waals surface area contributed by atoms with E-state index in [0.29, 0.717) is 11.3 Å². The van der Waals surface area contributed by atoms with Gasteiger partial charge in [-0.15, -0.1) is 0 Å². The summed E-state index contributed by atoms with van der Waals surface area (Å²) in [4.78, 5) is 6.70. The Hall–Kier alpha value is -1.62. The van der Waals surface area contributed by atoms with Crippen LogP contribution in [0.1, 0.15) is 5.56 Å². The number of benzene rings is 1. The monoisotopic (exact) mass is 238 g/mol. The lowest BCUT2D eigenvalue weighted by atomic mass is 10.1. The van der Waals surface area contributed by atoms with Crippen LogP contribution < -0.4 is 0 Å². The minimum atomic E-state index is -0.620. The van der Waals surface area contributed by atoms with Gasteiger partial charge in [0.05, 0.1) is 5.69 Å². The van der Waals surface area contributed by atoms with Crippen molar-refractivity contribution < 1.29 is 8.78 Å². The summed E-state index contributed by atoms with van der Waals surface area (Å²) in [5.74, 6) is -1.24. The van der Waals surface area contributed by atoms with Gasteiger partial charge in [0.1, 0.15) is 11.6 Å². The second kappa shape index (κ2) is 4.09. The topological polar surface area (TPSA) is 28.7 Å². The summed E-state index contributed by atoms with van der Waals surface area (Å²) in [5.41, 5.74) is 1.78. The van der Waals surface area contributed by atoms with E-state index in [9.17, 15) is 8.78 Å². The van der Waals surface area contributed by atoms with Crippen molar-refractivity contribution in [2.24, 2.45) is 0 Å². The second-order valence-corrected chi connectivity index (χ2v) is 3.79. The number of aryl methyl sites for hydroxylation is 1. The van der Waals surface area contributed by atoms with Gasteiger partial charge in [0.15, 0.2) is 4.77 Å². The van der Waals surface area contributed by atoms with Crippen molar-refractivity contribution in [3.63, 3.8) is 0 Å². The van der Waals surface area contributed by atoms with E-state index >= 15 is 0 Å². The third-order valence-electron chi connectivity index (χ3n) is 2.15. The SMILES string of the molecule is Cc1cnc(=S)[nH]c1-c1cc(F)cc(F)c1. The predicted molar refractivity (Wildman–Crippen MR) is 59.5 cm³/mol. The molecule has 1 N–H and O–H groups in total. The molecule has 2 aromatic rings. The molecule has 0 amide bonds. The molecule has 82 valence electrons. The molecule has 2 nitrogen and oxygen atoms in total. The van der Waals surface area contributed by atoms with E-state index in [1.165, 1.54) is 12.1 Å². The number of H-pyrrole nitrogens is 1. The third-order valence-corrected chi connectivity index (χ3v) is 2.36. The van der Waals surface area contributed by atoms with Crippen LogP contribution in [-0.2, 0) is 0 Å². The van der Waals surface area contributed by atoms with Crippen molar-refractivity contribution in [1.82, 2.24) is 9.97 Å². The van der Waals surface area contributed by atoms with E-state index in [4.69, 9.17) is 12.2 Å². The van der Waals surface area contributed by atoms with Crippen molar-refractivity contribution >= 4 is 12.2 Å². The Morgan fingerprint density at radius 2 is 1.81 bits per heavy atom. The Labute approximate surface area is 96.0 Å². The molecule has 0 aliphatic rings. The molecule has 0 aliphatic heterocycles. The van der Waals surface area contributed by atoms with Gasteiger partial charge in [0, 0.05) is 17.8 Å². The van der Waals surface area contributed by atoms with Crippen LogP contribution in [0, 0.1) is 23.3 Å². The zero-order valence-electron chi connectivity index (χ0n) is 8.42. The van der Waals surface area contributed by atoms with Gasteiger partial charge in [0.2, 0.25) is 0 Å². The molecule has 0 unspecified atom stereocenters. The smallest absolute Gasteiger partial charge is 0.197 e. The lowest BCUT2D eigenvalue weighted by Gasteiger charge is -2.05. The summed E-state index contributed by atoms with van der Waals surface area (Å²) < 4.78 is 26.4.